The minimum absolute atomic E-state index is 0.0268. The number of hydrogen-bond donors (Lipinski definition) is 2. The monoisotopic (exact) mass is 809 g/mol. The molecule has 3 saturated heterocycles. The SMILES string of the molecule is N#Cc1ccc(OC2CCC(NC(=O)c3ccc(N4CCC(CN5CCN(c6ccc7c(c6)C(=O)N(C6CCC(=O)NC6=O)C7=O)CC5)CC4)nc3)CC2)c2cccnc12. The molecule has 6 heterocycles. The van der Waals surface area contributed by atoms with Gasteiger partial charge in [-0.1, -0.05) is 0 Å². The number of amides is 5. The first-order valence-corrected chi connectivity index (χ1v) is 21.0. The Morgan fingerprint density at radius 2 is 1.62 bits per heavy atom. The smallest absolute Gasteiger partial charge is 0.262 e. The third-order valence-corrected chi connectivity index (χ3v) is 12.8. The third-order valence-electron chi connectivity index (χ3n) is 12.8. The van der Waals surface area contributed by atoms with Crippen LogP contribution in [0, 0.1) is 17.2 Å². The van der Waals surface area contributed by atoms with E-state index in [1.54, 1.807) is 30.6 Å². The Morgan fingerprint density at radius 3 is 2.35 bits per heavy atom. The van der Waals surface area contributed by atoms with Gasteiger partial charge in [0.1, 0.15) is 23.7 Å². The van der Waals surface area contributed by atoms with Crippen LogP contribution in [-0.2, 0) is 9.59 Å². The summed E-state index contributed by atoms with van der Waals surface area (Å²) in [5.41, 5.74) is 3.20. The van der Waals surface area contributed by atoms with Crippen LogP contribution in [0.2, 0.25) is 0 Å². The number of ether oxygens (including phenoxy) is 1. The van der Waals surface area contributed by atoms with E-state index in [4.69, 9.17) is 4.74 Å². The summed E-state index contributed by atoms with van der Waals surface area (Å²) in [5.74, 6) is 0.0928. The summed E-state index contributed by atoms with van der Waals surface area (Å²) in [6, 6.07) is 17.8. The molecule has 4 aliphatic heterocycles. The molecule has 9 rings (SSSR count). The van der Waals surface area contributed by atoms with Gasteiger partial charge in [0.2, 0.25) is 11.8 Å². The van der Waals surface area contributed by atoms with Crippen molar-refractivity contribution in [3.8, 4) is 11.8 Å². The van der Waals surface area contributed by atoms with Crippen molar-refractivity contribution in [2.45, 2.75) is 69.6 Å². The van der Waals surface area contributed by atoms with Crippen LogP contribution in [0.15, 0.2) is 67.0 Å². The van der Waals surface area contributed by atoms with Gasteiger partial charge < -0.3 is 19.9 Å². The molecule has 0 spiro atoms. The van der Waals surface area contributed by atoms with Gasteiger partial charge >= 0.3 is 0 Å². The van der Waals surface area contributed by atoms with Crippen molar-refractivity contribution in [3.05, 3.63) is 89.2 Å². The zero-order chi connectivity index (χ0) is 41.3. The summed E-state index contributed by atoms with van der Waals surface area (Å²) in [5, 5.41) is 15.7. The fourth-order valence-corrected chi connectivity index (χ4v) is 9.37. The maximum absolute atomic E-state index is 13.3. The third kappa shape index (κ3) is 7.87. The van der Waals surface area contributed by atoms with Crippen molar-refractivity contribution in [3.63, 3.8) is 0 Å². The zero-order valence-corrected chi connectivity index (χ0v) is 33.3. The number of fused-ring (bicyclic) bond motifs is 2. The molecule has 2 N–H and O–H groups in total. The maximum atomic E-state index is 13.3. The highest BCUT2D eigenvalue weighted by atomic mass is 16.5. The molecule has 1 unspecified atom stereocenters. The lowest BCUT2D eigenvalue weighted by molar-refractivity contribution is -0.136. The average molecular weight is 810 g/mol. The highest BCUT2D eigenvalue weighted by Gasteiger charge is 2.45. The van der Waals surface area contributed by atoms with Crippen molar-refractivity contribution in [2.24, 2.45) is 5.92 Å². The molecule has 5 aliphatic rings. The average Bonchev–Trinajstić information content (AvgIpc) is 3.52. The number of nitriles is 1. The number of benzene rings is 2. The topological polar surface area (TPSA) is 181 Å². The van der Waals surface area contributed by atoms with E-state index >= 15 is 0 Å². The molecule has 2 aromatic carbocycles. The number of carbonyl (C=O) groups excluding carboxylic acids is 5. The van der Waals surface area contributed by atoms with Crippen LogP contribution >= 0.6 is 0 Å². The van der Waals surface area contributed by atoms with Crippen LogP contribution in [0.4, 0.5) is 11.5 Å². The van der Waals surface area contributed by atoms with Crippen LogP contribution in [0.1, 0.15) is 88.0 Å². The van der Waals surface area contributed by atoms with E-state index in [1.807, 2.05) is 36.4 Å². The normalized spacial score (nSPS) is 22.7. The summed E-state index contributed by atoms with van der Waals surface area (Å²) < 4.78 is 6.36. The Morgan fingerprint density at radius 1 is 0.833 bits per heavy atom. The lowest BCUT2D eigenvalue weighted by Crippen LogP contribution is -2.54. The number of hydrogen-bond acceptors (Lipinski definition) is 12. The molecule has 60 heavy (non-hydrogen) atoms. The molecular formula is C45H47N9O6. The molecule has 2 aromatic heterocycles. The van der Waals surface area contributed by atoms with E-state index in [1.165, 1.54) is 0 Å². The van der Waals surface area contributed by atoms with Crippen molar-refractivity contribution in [2.75, 3.05) is 55.6 Å². The molecular weight excluding hydrogens is 763 g/mol. The summed E-state index contributed by atoms with van der Waals surface area (Å²) in [6.07, 6.45) is 8.98. The van der Waals surface area contributed by atoms with Gasteiger partial charge in [0.25, 0.3) is 17.7 Å². The molecule has 5 amide bonds. The number of rotatable bonds is 9. The van der Waals surface area contributed by atoms with Crippen molar-refractivity contribution < 1.29 is 28.7 Å². The number of aromatic nitrogens is 2. The lowest BCUT2D eigenvalue weighted by atomic mass is 9.92. The zero-order valence-electron chi connectivity index (χ0n) is 33.3. The second-order valence-corrected chi connectivity index (χ2v) is 16.5. The Bertz CT molecular complexity index is 2370. The quantitative estimate of drug-likeness (QED) is 0.232. The van der Waals surface area contributed by atoms with E-state index in [0.717, 1.165) is 112 Å². The molecule has 308 valence electrons. The summed E-state index contributed by atoms with van der Waals surface area (Å²) >= 11 is 0. The van der Waals surface area contributed by atoms with E-state index in [9.17, 15) is 29.2 Å². The maximum Gasteiger partial charge on any atom is 0.262 e. The molecule has 0 radical (unpaired) electrons. The number of imide groups is 2. The Labute approximate surface area is 347 Å². The van der Waals surface area contributed by atoms with Crippen LogP contribution < -0.4 is 25.2 Å². The predicted octanol–water partition coefficient (Wildman–Crippen LogP) is 4.06. The summed E-state index contributed by atoms with van der Waals surface area (Å²) in [4.78, 5) is 80.8. The van der Waals surface area contributed by atoms with Gasteiger partial charge in [0.15, 0.2) is 0 Å². The molecule has 15 nitrogen and oxygen atoms in total. The molecule has 1 saturated carbocycles. The Kier molecular flexibility index (Phi) is 10.9. The number of piperazine rings is 1. The summed E-state index contributed by atoms with van der Waals surface area (Å²) in [6.45, 7) is 6.20. The molecule has 15 heteroatoms. The molecule has 0 bridgehead atoms. The van der Waals surface area contributed by atoms with Crippen LogP contribution in [0.25, 0.3) is 10.9 Å². The number of nitrogens with zero attached hydrogens (tertiary/aromatic N) is 7. The lowest BCUT2D eigenvalue weighted by Gasteiger charge is -2.40. The number of anilines is 2. The molecule has 4 fully saturated rings. The van der Waals surface area contributed by atoms with E-state index in [2.05, 4.69) is 41.4 Å². The Balaban J connectivity index is 0.701. The van der Waals surface area contributed by atoms with Gasteiger partial charge in [0.05, 0.1) is 33.9 Å². The first-order valence-electron chi connectivity index (χ1n) is 21.0. The second-order valence-electron chi connectivity index (χ2n) is 16.5. The highest BCUT2D eigenvalue weighted by Crippen LogP contribution is 2.33. The first-order chi connectivity index (χ1) is 29.2. The number of piperidine rings is 2. The standard InChI is InChI=1S/C45H47N9O6/c46-25-29-3-12-38(35-2-1-17-47-41(29)35)60-33-8-5-31(6-9-33)49-42(56)30-4-13-39(48-26-30)53-18-15-28(16-19-53)27-51-20-22-52(23-21-51)32-7-10-34-36(24-32)45(59)54(44(34)58)37-11-14-40(55)50-43(37)57/h1-4,7,10,12-13,17,24,26,28,31,33,37H,5-6,8-9,11,14-16,18-23,27H2,(H,49,56)(H,50,55,57). The van der Waals surface area contributed by atoms with Gasteiger partial charge in [0, 0.05) is 81.7 Å². The minimum atomic E-state index is -0.975. The number of nitrogens with one attached hydrogen (secondary N) is 2. The van der Waals surface area contributed by atoms with Crippen LogP contribution in [-0.4, -0.2) is 113 Å². The van der Waals surface area contributed by atoms with E-state index in [-0.39, 0.29) is 30.9 Å². The predicted molar refractivity (Wildman–Crippen MR) is 222 cm³/mol. The van der Waals surface area contributed by atoms with Gasteiger partial charge in [-0.15, -0.1) is 0 Å². The number of pyridine rings is 2. The van der Waals surface area contributed by atoms with Gasteiger partial charge in [-0.2, -0.15) is 5.26 Å². The van der Waals surface area contributed by atoms with Crippen LogP contribution in [0.3, 0.4) is 0 Å². The fourth-order valence-electron chi connectivity index (χ4n) is 9.37. The van der Waals surface area contributed by atoms with E-state index < -0.39 is 29.7 Å². The molecule has 4 aromatic rings. The van der Waals surface area contributed by atoms with Gasteiger partial charge in [-0.3, -0.25) is 44.1 Å². The first kappa shape index (κ1) is 39.1. The second kappa shape index (κ2) is 16.7. The van der Waals surface area contributed by atoms with E-state index in [0.29, 0.717) is 33.7 Å². The largest absolute Gasteiger partial charge is 0.490 e. The van der Waals surface area contributed by atoms with Crippen LogP contribution in [0.5, 0.6) is 5.75 Å². The van der Waals surface area contributed by atoms with Crippen molar-refractivity contribution in [1.29, 1.82) is 5.26 Å². The van der Waals surface area contributed by atoms with Gasteiger partial charge in [-0.05, 0) is 105 Å². The molecule has 1 aliphatic carbocycles. The fraction of sp³-hybridized carbons (Fsp3) is 0.422. The number of carbonyl (C=O) groups is 5. The van der Waals surface area contributed by atoms with Crippen molar-refractivity contribution in [1.82, 2.24) is 30.4 Å². The van der Waals surface area contributed by atoms with Crippen molar-refractivity contribution >= 4 is 51.9 Å². The minimum Gasteiger partial charge on any atom is -0.490 e. The molecule has 1 atom stereocenters. The Hall–Kier alpha value is -6.40. The highest BCUT2D eigenvalue weighted by molar-refractivity contribution is 6.23. The van der Waals surface area contributed by atoms with Gasteiger partial charge in [-0.25, -0.2) is 4.98 Å². The summed E-state index contributed by atoms with van der Waals surface area (Å²) in [7, 11) is 0.